The van der Waals surface area contributed by atoms with Gasteiger partial charge in [-0.1, -0.05) is 23.9 Å². The molecule has 0 spiro atoms. The van der Waals surface area contributed by atoms with Crippen LogP contribution in [0.5, 0.6) is 5.75 Å². The third-order valence-electron chi connectivity index (χ3n) is 3.23. The van der Waals surface area contributed by atoms with E-state index in [-0.39, 0.29) is 11.2 Å². The lowest BCUT2D eigenvalue weighted by Crippen LogP contribution is -2.29. The lowest BCUT2D eigenvalue weighted by atomic mass is 10.2. The number of carbonyl (C=O) groups is 1. The molecule has 0 aliphatic carbocycles. The third kappa shape index (κ3) is 3.41. The lowest BCUT2D eigenvalue weighted by molar-refractivity contribution is -0.127. The van der Waals surface area contributed by atoms with Gasteiger partial charge in [0.15, 0.2) is 11.0 Å². The first-order valence-electron chi connectivity index (χ1n) is 6.85. The van der Waals surface area contributed by atoms with Crippen molar-refractivity contribution >= 4 is 17.7 Å². The van der Waals surface area contributed by atoms with Gasteiger partial charge in [-0.15, -0.1) is 10.2 Å². The summed E-state index contributed by atoms with van der Waals surface area (Å²) in [5, 5.41) is 8.92. The molecule has 0 fully saturated rings. The Morgan fingerprint density at radius 2 is 2.09 bits per heavy atom. The summed E-state index contributed by atoms with van der Waals surface area (Å²) in [6.07, 6.45) is 0. The Balaban J connectivity index is 2.24. The number of aromatic nitrogens is 3. The van der Waals surface area contributed by atoms with Crippen molar-refractivity contribution in [3.05, 3.63) is 24.3 Å². The third-order valence-corrected chi connectivity index (χ3v) is 4.36. The van der Waals surface area contributed by atoms with E-state index in [1.807, 2.05) is 42.8 Å². The van der Waals surface area contributed by atoms with E-state index in [4.69, 9.17) is 4.74 Å². The highest BCUT2D eigenvalue weighted by molar-refractivity contribution is 8.00. The Bertz CT molecular complexity index is 669. The minimum atomic E-state index is -0.212. The minimum absolute atomic E-state index is 0.0518. The number of ether oxygens (including phenoxy) is 1. The summed E-state index contributed by atoms with van der Waals surface area (Å²) in [6, 6.07) is 7.66. The van der Waals surface area contributed by atoms with Gasteiger partial charge >= 0.3 is 0 Å². The number of rotatable bonds is 5. The Labute approximate surface area is 134 Å². The van der Waals surface area contributed by atoms with Crippen molar-refractivity contribution in [2.24, 2.45) is 7.05 Å². The Hall–Kier alpha value is -2.02. The summed E-state index contributed by atoms with van der Waals surface area (Å²) in [5.74, 6) is 1.56. The Morgan fingerprint density at radius 3 is 2.73 bits per heavy atom. The Kier molecular flexibility index (Phi) is 5.07. The number of amides is 1. The summed E-state index contributed by atoms with van der Waals surface area (Å²) < 4.78 is 7.12. The lowest BCUT2D eigenvalue weighted by Gasteiger charge is -2.15. The highest BCUT2D eigenvalue weighted by atomic mass is 32.2. The van der Waals surface area contributed by atoms with Crippen molar-refractivity contribution in [2.75, 3.05) is 21.2 Å². The molecule has 0 aliphatic heterocycles. The highest BCUT2D eigenvalue weighted by Gasteiger charge is 2.20. The number of methoxy groups -OCH3 is 1. The number of nitrogens with zero attached hydrogens (tertiary/aromatic N) is 4. The number of hydrogen-bond acceptors (Lipinski definition) is 5. The van der Waals surface area contributed by atoms with E-state index in [2.05, 4.69) is 10.2 Å². The maximum atomic E-state index is 11.9. The van der Waals surface area contributed by atoms with E-state index in [1.165, 1.54) is 11.8 Å². The van der Waals surface area contributed by atoms with Gasteiger partial charge < -0.3 is 14.2 Å². The number of carbonyl (C=O) groups excluding carboxylic acids is 1. The fourth-order valence-electron chi connectivity index (χ4n) is 2.00. The van der Waals surface area contributed by atoms with E-state index in [0.29, 0.717) is 5.16 Å². The first-order valence-corrected chi connectivity index (χ1v) is 7.73. The molecule has 2 aromatic rings. The summed E-state index contributed by atoms with van der Waals surface area (Å²) >= 11 is 1.40. The van der Waals surface area contributed by atoms with E-state index < -0.39 is 0 Å². The number of thioether (sulfide) groups is 1. The van der Waals surface area contributed by atoms with Crippen LogP contribution in [-0.2, 0) is 11.8 Å². The smallest absolute Gasteiger partial charge is 0.235 e. The molecule has 0 aliphatic rings. The first kappa shape index (κ1) is 16.4. The zero-order chi connectivity index (χ0) is 16.3. The van der Waals surface area contributed by atoms with Gasteiger partial charge in [-0.25, -0.2) is 0 Å². The molecule has 1 aromatic heterocycles. The molecule has 1 amide bonds. The molecular weight excluding hydrogens is 300 g/mol. The maximum Gasteiger partial charge on any atom is 0.235 e. The predicted octanol–water partition coefficient (Wildman–Crippen LogP) is 2.06. The van der Waals surface area contributed by atoms with Crippen molar-refractivity contribution in [1.29, 1.82) is 0 Å². The molecule has 6 nitrogen and oxygen atoms in total. The summed E-state index contributed by atoms with van der Waals surface area (Å²) in [7, 11) is 7.02. The molecule has 0 radical (unpaired) electrons. The van der Waals surface area contributed by atoms with E-state index in [9.17, 15) is 4.79 Å². The second-order valence-electron chi connectivity index (χ2n) is 5.09. The quantitative estimate of drug-likeness (QED) is 0.789. The largest absolute Gasteiger partial charge is 0.497 e. The molecule has 118 valence electrons. The monoisotopic (exact) mass is 320 g/mol. The van der Waals surface area contributed by atoms with Crippen LogP contribution in [-0.4, -0.2) is 52.0 Å². The molecular formula is C15H20N4O2S. The first-order chi connectivity index (χ1) is 10.4. The van der Waals surface area contributed by atoms with E-state index in [0.717, 1.165) is 17.1 Å². The molecule has 0 saturated heterocycles. The zero-order valence-electron chi connectivity index (χ0n) is 13.4. The molecule has 0 N–H and O–H groups in total. The average molecular weight is 320 g/mol. The van der Waals surface area contributed by atoms with Gasteiger partial charge in [-0.3, -0.25) is 4.79 Å². The normalized spacial score (nSPS) is 12.0. The van der Waals surface area contributed by atoms with Crippen LogP contribution in [0, 0.1) is 0 Å². The molecule has 0 unspecified atom stereocenters. The van der Waals surface area contributed by atoms with Crippen LogP contribution < -0.4 is 4.74 Å². The standard InChI is InChI=1S/C15H20N4O2S/c1-10(14(20)18(2)3)22-15-17-16-13(19(15)4)11-7-6-8-12(9-11)21-5/h6-10H,1-5H3/t10-/m1/s1. The van der Waals surface area contributed by atoms with Crippen LogP contribution in [0.15, 0.2) is 29.4 Å². The predicted molar refractivity (Wildman–Crippen MR) is 87.0 cm³/mol. The van der Waals surface area contributed by atoms with E-state index >= 15 is 0 Å². The molecule has 22 heavy (non-hydrogen) atoms. The second-order valence-corrected chi connectivity index (χ2v) is 6.40. The molecule has 0 saturated carbocycles. The van der Waals surface area contributed by atoms with E-state index in [1.54, 1.807) is 26.1 Å². The minimum Gasteiger partial charge on any atom is -0.497 e. The Morgan fingerprint density at radius 1 is 1.36 bits per heavy atom. The van der Waals surface area contributed by atoms with Gasteiger partial charge in [0, 0.05) is 26.7 Å². The van der Waals surface area contributed by atoms with Gasteiger partial charge in [0.2, 0.25) is 5.91 Å². The maximum absolute atomic E-state index is 11.9. The van der Waals surface area contributed by atoms with Gasteiger partial charge in [0.05, 0.1) is 12.4 Å². The molecule has 0 bridgehead atoms. The van der Waals surface area contributed by atoms with Crippen molar-refractivity contribution in [3.63, 3.8) is 0 Å². The highest BCUT2D eigenvalue weighted by Crippen LogP contribution is 2.27. The van der Waals surface area contributed by atoms with Crippen LogP contribution >= 0.6 is 11.8 Å². The van der Waals surface area contributed by atoms with Crippen LogP contribution in [0.4, 0.5) is 0 Å². The molecule has 1 heterocycles. The summed E-state index contributed by atoms with van der Waals surface area (Å²) in [5.41, 5.74) is 0.924. The van der Waals surface area contributed by atoms with Gasteiger partial charge in [-0.05, 0) is 19.1 Å². The SMILES string of the molecule is COc1cccc(-c2nnc(S[C@H](C)C(=O)N(C)C)n2C)c1. The molecule has 1 atom stereocenters. The van der Waals surface area contributed by atoms with Crippen molar-refractivity contribution < 1.29 is 9.53 Å². The zero-order valence-corrected chi connectivity index (χ0v) is 14.2. The van der Waals surface area contributed by atoms with Crippen molar-refractivity contribution in [1.82, 2.24) is 19.7 Å². The molecule has 2 rings (SSSR count). The molecule has 7 heteroatoms. The van der Waals surface area contributed by atoms with Gasteiger partial charge in [0.1, 0.15) is 5.75 Å². The van der Waals surface area contributed by atoms with Gasteiger partial charge in [0.25, 0.3) is 0 Å². The summed E-state index contributed by atoms with van der Waals surface area (Å²) in [4.78, 5) is 13.5. The van der Waals surface area contributed by atoms with Crippen LogP contribution in [0.1, 0.15) is 6.92 Å². The second kappa shape index (κ2) is 6.83. The fourth-order valence-corrected chi connectivity index (χ4v) is 2.96. The van der Waals surface area contributed by atoms with Crippen molar-refractivity contribution in [3.8, 4) is 17.1 Å². The average Bonchev–Trinajstić information content (AvgIpc) is 2.87. The summed E-state index contributed by atoms with van der Waals surface area (Å²) in [6.45, 7) is 1.87. The molecule has 1 aromatic carbocycles. The number of benzene rings is 1. The number of hydrogen-bond donors (Lipinski definition) is 0. The van der Waals surface area contributed by atoms with Crippen LogP contribution in [0.2, 0.25) is 0 Å². The van der Waals surface area contributed by atoms with Crippen molar-refractivity contribution in [2.45, 2.75) is 17.3 Å². The fraction of sp³-hybridized carbons (Fsp3) is 0.400. The van der Waals surface area contributed by atoms with Crippen LogP contribution in [0.3, 0.4) is 0 Å². The van der Waals surface area contributed by atoms with Crippen LogP contribution in [0.25, 0.3) is 11.4 Å². The topological polar surface area (TPSA) is 60.3 Å². The van der Waals surface area contributed by atoms with Gasteiger partial charge in [-0.2, -0.15) is 0 Å².